The molecule has 50 heavy (non-hydrogen) atoms. The smallest absolute Gasteiger partial charge is 0.136 e. The molecule has 2 aromatic heterocycles. The Kier molecular flexibility index (Phi) is 6.49. The maximum absolute atomic E-state index is 6.64. The van der Waals surface area contributed by atoms with Crippen LogP contribution in [0.3, 0.4) is 0 Å². The predicted octanol–water partition coefficient (Wildman–Crippen LogP) is 12.8. The summed E-state index contributed by atoms with van der Waals surface area (Å²) in [7, 11) is 0. The van der Waals surface area contributed by atoms with Crippen LogP contribution in [0.1, 0.15) is 16.7 Å². The van der Waals surface area contributed by atoms with Crippen molar-refractivity contribution in [1.29, 1.82) is 0 Å². The van der Waals surface area contributed by atoms with Crippen molar-refractivity contribution in [3.05, 3.63) is 193 Å². The molecule has 0 spiro atoms. The molecule has 7 aromatic carbocycles. The van der Waals surface area contributed by atoms with Gasteiger partial charge in [0.05, 0.1) is 11.4 Å². The van der Waals surface area contributed by atoms with E-state index < -0.39 is 0 Å². The fourth-order valence-corrected chi connectivity index (χ4v) is 7.39. The molecule has 0 saturated carbocycles. The number of fused-ring (bicyclic) bond motifs is 8. The first-order valence-corrected chi connectivity index (χ1v) is 16.9. The molecular weight excluding hydrogens is 611 g/mol. The van der Waals surface area contributed by atoms with Crippen molar-refractivity contribution in [2.75, 3.05) is 0 Å². The predicted molar refractivity (Wildman–Crippen MR) is 208 cm³/mol. The molecule has 3 heteroatoms. The summed E-state index contributed by atoms with van der Waals surface area (Å²) in [6, 6.07) is 52.7. The molecule has 9 aromatic rings. The molecule has 234 valence electrons. The second kappa shape index (κ2) is 11.5. The number of furan rings is 2. The highest BCUT2D eigenvalue weighted by Crippen LogP contribution is 2.42. The monoisotopic (exact) mass is 639 g/mol. The molecule has 0 aliphatic carbocycles. The molecule has 0 unspecified atom stereocenters. The first-order valence-electron chi connectivity index (χ1n) is 16.9. The van der Waals surface area contributed by atoms with Gasteiger partial charge in [0.1, 0.15) is 22.3 Å². The van der Waals surface area contributed by atoms with E-state index in [4.69, 9.17) is 13.8 Å². The minimum atomic E-state index is 0.826. The normalized spacial score (nSPS) is 17.2. The Labute approximate surface area is 288 Å². The van der Waals surface area contributed by atoms with Gasteiger partial charge in [0.15, 0.2) is 0 Å². The number of hydrogen-bond acceptors (Lipinski definition) is 3. The standard InChI is InChI=1S/C47H29NO2/c1-3-13-30(14-4-1)32-17-11-22-40(31-15-5-2-6-16-31)48-41(27-32)36-21-12-24-43-47(36)38-26-25-33(28-44(38)50-43)39-29-45-46(35-19-8-7-18-34(35)39)37-20-9-10-23-42(37)49-45/h1-29H/b17-11+,22-11?,32-17?,32-27+,40-22+,41-27?,48-40?,48-41+. The van der Waals surface area contributed by atoms with E-state index in [0.29, 0.717) is 0 Å². The van der Waals surface area contributed by atoms with Gasteiger partial charge in [0.2, 0.25) is 0 Å². The van der Waals surface area contributed by atoms with Gasteiger partial charge in [-0.15, -0.1) is 0 Å². The van der Waals surface area contributed by atoms with E-state index in [1.54, 1.807) is 0 Å². The molecule has 1 aliphatic rings. The molecule has 0 bridgehead atoms. The third-order valence-electron chi connectivity index (χ3n) is 9.71. The molecule has 0 amide bonds. The lowest BCUT2D eigenvalue weighted by molar-refractivity contribution is 0.668. The van der Waals surface area contributed by atoms with Crippen LogP contribution in [0.2, 0.25) is 0 Å². The Morgan fingerprint density at radius 2 is 1.10 bits per heavy atom. The van der Waals surface area contributed by atoms with E-state index in [0.717, 1.165) is 88.7 Å². The van der Waals surface area contributed by atoms with Crippen LogP contribution < -0.4 is 0 Å². The lowest BCUT2D eigenvalue weighted by Crippen LogP contribution is -2.01. The summed E-state index contributed by atoms with van der Waals surface area (Å²) in [5.74, 6) is 0. The van der Waals surface area contributed by atoms with E-state index in [-0.39, 0.29) is 0 Å². The Morgan fingerprint density at radius 1 is 0.420 bits per heavy atom. The summed E-state index contributed by atoms with van der Waals surface area (Å²) >= 11 is 0. The zero-order valence-electron chi connectivity index (χ0n) is 27.0. The number of para-hydroxylation sites is 1. The van der Waals surface area contributed by atoms with Crippen LogP contribution in [0.15, 0.2) is 190 Å². The minimum absolute atomic E-state index is 0.826. The van der Waals surface area contributed by atoms with Gasteiger partial charge in [-0.2, -0.15) is 0 Å². The Hall–Kier alpha value is -6.71. The first kappa shape index (κ1) is 28.3. The van der Waals surface area contributed by atoms with Crippen molar-refractivity contribution in [3.63, 3.8) is 0 Å². The van der Waals surface area contributed by atoms with Crippen molar-refractivity contribution >= 4 is 71.6 Å². The van der Waals surface area contributed by atoms with E-state index in [9.17, 15) is 0 Å². The van der Waals surface area contributed by atoms with Gasteiger partial charge in [0.25, 0.3) is 0 Å². The van der Waals surface area contributed by atoms with Crippen LogP contribution in [-0.4, -0.2) is 5.71 Å². The summed E-state index contributed by atoms with van der Waals surface area (Å²) in [5.41, 5.74) is 11.7. The average Bonchev–Trinajstić information content (AvgIpc) is 3.73. The number of rotatable bonds is 4. The fourth-order valence-electron chi connectivity index (χ4n) is 7.39. The zero-order chi connectivity index (χ0) is 33.0. The first-order chi connectivity index (χ1) is 24.8. The second-order valence-electron chi connectivity index (χ2n) is 12.7. The summed E-state index contributed by atoms with van der Waals surface area (Å²) < 4.78 is 13.0. The second-order valence-corrected chi connectivity index (χ2v) is 12.7. The van der Waals surface area contributed by atoms with Gasteiger partial charge in [-0.1, -0.05) is 133 Å². The van der Waals surface area contributed by atoms with Crippen LogP contribution in [-0.2, 0) is 0 Å². The van der Waals surface area contributed by atoms with Gasteiger partial charge in [-0.25, -0.2) is 4.99 Å². The van der Waals surface area contributed by atoms with Crippen LogP contribution in [0.4, 0.5) is 0 Å². The molecule has 3 nitrogen and oxygen atoms in total. The van der Waals surface area contributed by atoms with E-state index in [1.807, 2.05) is 30.3 Å². The van der Waals surface area contributed by atoms with Gasteiger partial charge >= 0.3 is 0 Å². The molecule has 1 aliphatic heterocycles. The fraction of sp³-hybridized carbons (Fsp3) is 0. The molecule has 0 atom stereocenters. The van der Waals surface area contributed by atoms with Crippen molar-refractivity contribution < 1.29 is 8.83 Å². The van der Waals surface area contributed by atoms with Gasteiger partial charge in [-0.05, 0) is 75.5 Å². The maximum atomic E-state index is 6.64. The van der Waals surface area contributed by atoms with Crippen LogP contribution in [0, 0.1) is 0 Å². The quantitative estimate of drug-likeness (QED) is 0.192. The molecular formula is C47H29NO2. The van der Waals surface area contributed by atoms with Gasteiger partial charge in [-0.3, -0.25) is 0 Å². The molecule has 3 heterocycles. The maximum Gasteiger partial charge on any atom is 0.136 e. The molecule has 0 fully saturated rings. The largest absolute Gasteiger partial charge is 0.456 e. The summed E-state index contributed by atoms with van der Waals surface area (Å²) in [4.78, 5) is 5.33. The van der Waals surface area contributed by atoms with Crippen LogP contribution in [0.25, 0.3) is 77.0 Å². The summed E-state index contributed by atoms with van der Waals surface area (Å²) in [6.45, 7) is 0. The zero-order valence-corrected chi connectivity index (χ0v) is 27.0. The summed E-state index contributed by atoms with van der Waals surface area (Å²) in [5, 5.41) is 6.73. The number of aliphatic imine (C=N–C) groups is 1. The Balaban J connectivity index is 1.17. The number of nitrogens with zero attached hydrogens (tertiary/aromatic N) is 1. The molecule has 10 rings (SSSR count). The van der Waals surface area contributed by atoms with Gasteiger partial charge < -0.3 is 8.83 Å². The van der Waals surface area contributed by atoms with E-state index >= 15 is 0 Å². The van der Waals surface area contributed by atoms with Gasteiger partial charge in [0, 0.05) is 32.7 Å². The number of allylic oxidation sites excluding steroid dienone is 5. The lowest BCUT2D eigenvalue weighted by atomic mass is 9.93. The minimum Gasteiger partial charge on any atom is -0.456 e. The Bertz CT molecular complexity index is 2860. The lowest BCUT2D eigenvalue weighted by Gasteiger charge is -2.12. The molecule has 0 N–H and O–H groups in total. The Morgan fingerprint density at radius 3 is 1.94 bits per heavy atom. The third kappa shape index (κ3) is 4.63. The average molecular weight is 640 g/mol. The number of benzene rings is 7. The number of hydrogen-bond donors (Lipinski definition) is 0. The highest BCUT2D eigenvalue weighted by Gasteiger charge is 2.19. The van der Waals surface area contributed by atoms with Crippen LogP contribution in [0.5, 0.6) is 0 Å². The molecule has 0 saturated heterocycles. The topological polar surface area (TPSA) is 38.6 Å². The van der Waals surface area contributed by atoms with E-state index in [1.165, 1.54) is 10.8 Å². The van der Waals surface area contributed by atoms with Crippen molar-refractivity contribution in [2.24, 2.45) is 4.99 Å². The third-order valence-corrected chi connectivity index (χ3v) is 9.71. The van der Waals surface area contributed by atoms with Crippen molar-refractivity contribution in [3.8, 4) is 11.1 Å². The highest BCUT2D eigenvalue weighted by molar-refractivity contribution is 6.26. The van der Waals surface area contributed by atoms with E-state index in [2.05, 4.69) is 146 Å². The highest BCUT2D eigenvalue weighted by atomic mass is 16.3. The van der Waals surface area contributed by atoms with Crippen molar-refractivity contribution in [2.45, 2.75) is 0 Å². The van der Waals surface area contributed by atoms with Crippen LogP contribution >= 0.6 is 0 Å². The summed E-state index contributed by atoms with van der Waals surface area (Å²) in [6.07, 6.45) is 8.53. The van der Waals surface area contributed by atoms with Crippen molar-refractivity contribution in [1.82, 2.24) is 0 Å². The SMILES string of the molecule is C1=C/C(c2ccccc2)=C\C(c2cccc3oc4cc(-c5cc6oc7ccccc7c6c6ccccc56)ccc4c23)=N/C(c2ccccc2)=C/1. The molecule has 0 radical (unpaired) electrons.